The molecule has 0 aliphatic carbocycles. The molecule has 0 aliphatic heterocycles. The SMILES string of the molecule is C=C(C)C(=O)Oc1c(OCC)cc(C(C)(C)c2cc(OCC)c(OC(=O)C(=C)C)c(OCC)c2)cc1OCC. The van der Waals surface area contributed by atoms with Crippen molar-refractivity contribution in [2.45, 2.75) is 60.8 Å². The topological polar surface area (TPSA) is 89.5 Å². The van der Waals surface area contributed by atoms with E-state index in [1.807, 2.05) is 65.8 Å². The molecule has 0 saturated carbocycles. The summed E-state index contributed by atoms with van der Waals surface area (Å²) in [6.07, 6.45) is 0. The van der Waals surface area contributed by atoms with Crippen molar-refractivity contribution >= 4 is 11.9 Å². The van der Waals surface area contributed by atoms with Crippen LogP contribution in [-0.4, -0.2) is 38.4 Å². The number of ether oxygens (including phenoxy) is 6. The Morgan fingerprint density at radius 3 is 1.08 bits per heavy atom. The van der Waals surface area contributed by atoms with Crippen LogP contribution in [0.1, 0.15) is 66.5 Å². The Morgan fingerprint density at radius 2 is 0.872 bits per heavy atom. The minimum Gasteiger partial charge on any atom is -0.490 e. The van der Waals surface area contributed by atoms with Crippen molar-refractivity contribution in [2.24, 2.45) is 0 Å². The largest absolute Gasteiger partial charge is 0.490 e. The second kappa shape index (κ2) is 13.7. The molecule has 0 spiro atoms. The second-order valence-corrected chi connectivity index (χ2v) is 9.30. The number of esters is 2. The van der Waals surface area contributed by atoms with E-state index >= 15 is 0 Å². The number of benzene rings is 2. The van der Waals surface area contributed by atoms with Gasteiger partial charge in [-0.1, -0.05) is 27.0 Å². The van der Waals surface area contributed by atoms with Gasteiger partial charge in [0.15, 0.2) is 23.0 Å². The van der Waals surface area contributed by atoms with Gasteiger partial charge in [0.1, 0.15) is 0 Å². The van der Waals surface area contributed by atoms with Gasteiger partial charge in [0.2, 0.25) is 11.5 Å². The van der Waals surface area contributed by atoms with Gasteiger partial charge in [-0.2, -0.15) is 0 Å². The molecule has 0 aliphatic rings. The molecule has 0 aromatic heterocycles. The van der Waals surface area contributed by atoms with Crippen LogP contribution in [0.2, 0.25) is 0 Å². The molecule has 8 heteroatoms. The molecule has 0 radical (unpaired) electrons. The van der Waals surface area contributed by atoms with Gasteiger partial charge in [-0.25, -0.2) is 9.59 Å². The van der Waals surface area contributed by atoms with E-state index in [4.69, 9.17) is 28.4 Å². The van der Waals surface area contributed by atoms with Crippen LogP contribution in [0.4, 0.5) is 0 Å². The summed E-state index contributed by atoms with van der Waals surface area (Å²) >= 11 is 0. The Bertz CT molecular complexity index is 1080. The first-order valence-corrected chi connectivity index (χ1v) is 13.0. The fourth-order valence-corrected chi connectivity index (χ4v) is 3.65. The lowest BCUT2D eigenvalue weighted by Crippen LogP contribution is -2.21. The Morgan fingerprint density at radius 1 is 0.615 bits per heavy atom. The van der Waals surface area contributed by atoms with Gasteiger partial charge in [0, 0.05) is 16.6 Å². The minimum atomic E-state index is -0.650. The summed E-state index contributed by atoms with van der Waals surface area (Å²) in [4.78, 5) is 24.7. The molecule has 0 amide bonds. The third kappa shape index (κ3) is 7.56. The monoisotopic (exact) mass is 540 g/mol. The summed E-state index contributed by atoms with van der Waals surface area (Å²) < 4.78 is 34.7. The number of rotatable bonds is 14. The minimum absolute atomic E-state index is 0.193. The van der Waals surface area contributed by atoms with Crippen LogP contribution in [0.25, 0.3) is 0 Å². The van der Waals surface area contributed by atoms with Crippen molar-refractivity contribution in [3.63, 3.8) is 0 Å². The number of hydrogen-bond acceptors (Lipinski definition) is 8. The quantitative estimate of drug-likeness (QED) is 0.151. The van der Waals surface area contributed by atoms with Gasteiger partial charge in [0.25, 0.3) is 0 Å². The molecule has 0 saturated heterocycles. The molecule has 8 nitrogen and oxygen atoms in total. The van der Waals surface area contributed by atoms with Crippen LogP contribution in [-0.2, 0) is 15.0 Å². The lowest BCUT2D eigenvalue weighted by atomic mass is 9.77. The van der Waals surface area contributed by atoms with Crippen molar-refractivity contribution in [3.05, 3.63) is 59.7 Å². The van der Waals surface area contributed by atoms with Crippen LogP contribution in [0.5, 0.6) is 34.5 Å². The highest BCUT2D eigenvalue weighted by Gasteiger charge is 2.31. The molecule has 0 N–H and O–H groups in total. The molecule has 0 heterocycles. The smallest absolute Gasteiger partial charge is 0.338 e. The van der Waals surface area contributed by atoms with Gasteiger partial charge < -0.3 is 28.4 Å². The lowest BCUT2D eigenvalue weighted by Gasteiger charge is -2.29. The molecule has 0 unspecified atom stereocenters. The molecular formula is C31H40O8. The fraction of sp³-hybridized carbons (Fsp3) is 0.419. The van der Waals surface area contributed by atoms with Gasteiger partial charge >= 0.3 is 11.9 Å². The predicted molar refractivity (Wildman–Crippen MR) is 151 cm³/mol. The van der Waals surface area contributed by atoms with Crippen LogP contribution in [0.3, 0.4) is 0 Å². The summed E-state index contributed by atoms with van der Waals surface area (Å²) in [6, 6.07) is 7.29. The molecule has 212 valence electrons. The summed E-state index contributed by atoms with van der Waals surface area (Å²) in [7, 11) is 0. The van der Waals surface area contributed by atoms with Gasteiger partial charge in [-0.3, -0.25) is 0 Å². The molecule has 0 bridgehead atoms. The zero-order valence-electron chi connectivity index (χ0n) is 24.3. The van der Waals surface area contributed by atoms with Gasteiger partial charge in [0.05, 0.1) is 26.4 Å². The van der Waals surface area contributed by atoms with Gasteiger partial charge in [-0.05, 0) is 76.9 Å². The molecule has 2 aromatic carbocycles. The average Bonchev–Trinajstić information content (AvgIpc) is 2.87. The van der Waals surface area contributed by atoms with E-state index in [0.29, 0.717) is 49.4 Å². The highest BCUT2D eigenvalue weighted by molar-refractivity contribution is 5.90. The first-order chi connectivity index (χ1) is 18.4. The molecule has 0 atom stereocenters. The summed E-state index contributed by atoms with van der Waals surface area (Å²) in [6.45, 7) is 23.3. The van der Waals surface area contributed by atoms with E-state index in [1.165, 1.54) is 0 Å². The maximum Gasteiger partial charge on any atom is 0.338 e. The first kappa shape index (κ1) is 31.3. The summed E-state index contributed by atoms with van der Waals surface area (Å²) in [5, 5.41) is 0. The summed E-state index contributed by atoms with van der Waals surface area (Å²) in [5.74, 6) is 0.687. The standard InChI is InChI=1S/C31H40O8/c1-11-34-23-15-21(16-24(35-12-2)27(23)38-29(32)19(5)6)31(9,10)22-17-25(36-13-3)28(26(18-22)37-14-4)39-30(33)20(7)8/h15-18H,5,7,11-14H2,1-4,6,8-10H3. The Labute approximate surface area is 231 Å². The zero-order valence-corrected chi connectivity index (χ0v) is 24.3. The molecule has 2 aromatic rings. The third-order valence-electron chi connectivity index (χ3n) is 5.77. The van der Waals surface area contributed by atoms with Crippen molar-refractivity contribution in [1.82, 2.24) is 0 Å². The number of hydrogen-bond donors (Lipinski definition) is 0. The average molecular weight is 541 g/mol. The Kier molecular flexibility index (Phi) is 11.0. The second-order valence-electron chi connectivity index (χ2n) is 9.30. The summed E-state index contributed by atoms with van der Waals surface area (Å²) in [5.41, 5.74) is 1.50. The van der Waals surface area contributed by atoms with Crippen molar-refractivity contribution in [2.75, 3.05) is 26.4 Å². The molecular weight excluding hydrogens is 500 g/mol. The van der Waals surface area contributed by atoms with Crippen LogP contribution >= 0.6 is 0 Å². The van der Waals surface area contributed by atoms with E-state index in [0.717, 1.165) is 11.1 Å². The van der Waals surface area contributed by atoms with Crippen molar-refractivity contribution < 1.29 is 38.0 Å². The highest BCUT2D eigenvalue weighted by atomic mass is 16.6. The van der Waals surface area contributed by atoms with Crippen molar-refractivity contribution in [1.29, 1.82) is 0 Å². The number of carbonyl (C=O) groups is 2. The highest BCUT2D eigenvalue weighted by Crippen LogP contribution is 2.47. The zero-order chi connectivity index (χ0) is 29.3. The van der Waals surface area contributed by atoms with Crippen LogP contribution in [0.15, 0.2) is 48.6 Å². The third-order valence-corrected chi connectivity index (χ3v) is 5.77. The van der Waals surface area contributed by atoms with Crippen LogP contribution < -0.4 is 28.4 Å². The van der Waals surface area contributed by atoms with Gasteiger partial charge in [-0.15, -0.1) is 0 Å². The van der Waals surface area contributed by atoms with E-state index in [1.54, 1.807) is 13.8 Å². The molecule has 39 heavy (non-hydrogen) atoms. The lowest BCUT2D eigenvalue weighted by molar-refractivity contribution is -0.131. The van der Waals surface area contributed by atoms with E-state index < -0.39 is 17.4 Å². The molecule has 0 fully saturated rings. The maximum atomic E-state index is 12.4. The van der Waals surface area contributed by atoms with E-state index in [-0.39, 0.29) is 22.6 Å². The number of carbonyl (C=O) groups excluding carboxylic acids is 2. The van der Waals surface area contributed by atoms with Crippen molar-refractivity contribution in [3.8, 4) is 34.5 Å². The Hall–Kier alpha value is -3.94. The predicted octanol–water partition coefficient (Wildman–Crippen LogP) is 6.57. The first-order valence-electron chi connectivity index (χ1n) is 13.0. The van der Waals surface area contributed by atoms with E-state index in [9.17, 15) is 9.59 Å². The fourth-order valence-electron chi connectivity index (χ4n) is 3.65. The maximum absolute atomic E-state index is 12.4. The molecule has 2 rings (SSSR count). The van der Waals surface area contributed by atoms with Crippen LogP contribution in [0, 0.1) is 0 Å². The Balaban J connectivity index is 2.77. The normalized spacial score (nSPS) is 10.9. The van der Waals surface area contributed by atoms with E-state index in [2.05, 4.69) is 13.2 Å².